The standard InChI is InChI=1S/C19H25ClN2O4/c1-13(23)22(12-18(24)21-15-7-5-3-4-6-8-15)17-11-14(19(25)26-2)9-10-16(17)20/h9-11,15H,3-8,12H2,1-2H3,(H,21,24). The summed E-state index contributed by atoms with van der Waals surface area (Å²) in [6, 6.07) is 4.65. The molecule has 1 fully saturated rings. The lowest BCUT2D eigenvalue weighted by Crippen LogP contribution is -2.43. The molecule has 26 heavy (non-hydrogen) atoms. The van der Waals surface area contributed by atoms with Gasteiger partial charge in [-0.15, -0.1) is 0 Å². The van der Waals surface area contributed by atoms with Gasteiger partial charge in [-0.1, -0.05) is 37.3 Å². The van der Waals surface area contributed by atoms with Crippen LogP contribution < -0.4 is 10.2 Å². The van der Waals surface area contributed by atoms with Crippen LogP contribution in [0, 0.1) is 0 Å². The number of hydrogen-bond donors (Lipinski definition) is 1. The SMILES string of the molecule is COC(=O)c1ccc(Cl)c(N(CC(=O)NC2CCCCCC2)C(C)=O)c1. The van der Waals surface area contributed by atoms with Crippen molar-refractivity contribution in [2.45, 2.75) is 51.5 Å². The molecule has 1 saturated carbocycles. The van der Waals surface area contributed by atoms with Crippen molar-refractivity contribution in [1.82, 2.24) is 5.32 Å². The molecule has 6 nitrogen and oxygen atoms in total. The first-order valence-corrected chi connectivity index (χ1v) is 9.25. The van der Waals surface area contributed by atoms with E-state index in [0.29, 0.717) is 5.69 Å². The molecule has 0 bridgehead atoms. The molecule has 0 aliphatic heterocycles. The molecule has 7 heteroatoms. The van der Waals surface area contributed by atoms with Crippen LogP contribution >= 0.6 is 11.6 Å². The molecular formula is C19H25ClN2O4. The number of benzene rings is 1. The molecule has 2 amide bonds. The average Bonchev–Trinajstić information content (AvgIpc) is 2.88. The Balaban J connectivity index is 2.14. The van der Waals surface area contributed by atoms with Crippen molar-refractivity contribution >= 4 is 35.1 Å². The molecule has 0 spiro atoms. The van der Waals surface area contributed by atoms with E-state index in [1.54, 1.807) is 0 Å². The van der Waals surface area contributed by atoms with E-state index in [1.165, 1.54) is 50.0 Å². The Kier molecular flexibility index (Phi) is 7.45. The summed E-state index contributed by atoms with van der Waals surface area (Å²) in [6.07, 6.45) is 6.53. The Morgan fingerprint density at radius 3 is 2.42 bits per heavy atom. The van der Waals surface area contributed by atoms with E-state index in [0.717, 1.165) is 25.7 Å². The number of rotatable bonds is 5. The Bertz CT molecular complexity index is 670. The molecule has 0 radical (unpaired) electrons. The third kappa shape index (κ3) is 5.46. The molecule has 1 aromatic carbocycles. The van der Waals surface area contributed by atoms with Crippen molar-refractivity contribution in [3.05, 3.63) is 28.8 Å². The molecule has 0 heterocycles. The smallest absolute Gasteiger partial charge is 0.337 e. The van der Waals surface area contributed by atoms with Crippen LogP contribution in [-0.4, -0.2) is 37.5 Å². The highest BCUT2D eigenvalue weighted by molar-refractivity contribution is 6.34. The van der Waals surface area contributed by atoms with Crippen molar-refractivity contribution in [2.75, 3.05) is 18.6 Å². The summed E-state index contributed by atoms with van der Waals surface area (Å²) in [5.41, 5.74) is 0.584. The fraction of sp³-hybridized carbons (Fsp3) is 0.526. The van der Waals surface area contributed by atoms with Gasteiger partial charge in [-0.2, -0.15) is 0 Å². The first-order valence-electron chi connectivity index (χ1n) is 8.87. The number of carbonyl (C=O) groups excluding carboxylic acids is 3. The third-order valence-corrected chi connectivity index (χ3v) is 4.88. The molecule has 1 aromatic rings. The van der Waals surface area contributed by atoms with Gasteiger partial charge < -0.3 is 15.0 Å². The minimum Gasteiger partial charge on any atom is -0.465 e. The Morgan fingerprint density at radius 1 is 1.19 bits per heavy atom. The van der Waals surface area contributed by atoms with Gasteiger partial charge in [0.15, 0.2) is 0 Å². The van der Waals surface area contributed by atoms with Gasteiger partial charge in [-0.25, -0.2) is 4.79 Å². The minimum atomic E-state index is -0.533. The number of nitrogens with zero attached hydrogens (tertiary/aromatic N) is 1. The first kappa shape index (κ1) is 20.2. The predicted octanol–water partition coefficient (Wildman–Crippen LogP) is 3.32. The summed E-state index contributed by atoms with van der Waals surface area (Å²) in [4.78, 5) is 37.6. The topological polar surface area (TPSA) is 75.7 Å². The van der Waals surface area contributed by atoms with Crippen molar-refractivity contribution < 1.29 is 19.1 Å². The number of ether oxygens (including phenoxy) is 1. The molecule has 1 aliphatic carbocycles. The van der Waals surface area contributed by atoms with E-state index in [-0.39, 0.29) is 35.0 Å². The number of amides is 2. The number of nitrogens with one attached hydrogen (secondary N) is 1. The second-order valence-electron chi connectivity index (χ2n) is 6.52. The lowest BCUT2D eigenvalue weighted by Gasteiger charge is -2.24. The van der Waals surface area contributed by atoms with Crippen LogP contribution in [0.25, 0.3) is 0 Å². The molecule has 0 unspecified atom stereocenters. The fourth-order valence-electron chi connectivity index (χ4n) is 3.17. The fourth-order valence-corrected chi connectivity index (χ4v) is 3.39. The maximum atomic E-state index is 12.5. The van der Waals surface area contributed by atoms with Crippen LogP contribution in [0.3, 0.4) is 0 Å². The second-order valence-corrected chi connectivity index (χ2v) is 6.93. The van der Waals surface area contributed by atoms with Gasteiger partial charge in [0.2, 0.25) is 11.8 Å². The van der Waals surface area contributed by atoms with E-state index in [1.807, 2.05) is 0 Å². The van der Waals surface area contributed by atoms with Crippen LogP contribution in [0.2, 0.25) is 5.02 Å². The first-order chi connectivity index (χ1) is 12.4. The molecule has 1 N–H and O–H groups in total. The van der Waals surface area contributed by atoms with Gasteiger partial charge in [-0.05, 0) is 31.0 Å². The monoisotopic (exact) mass is 380 g/mol. The van der Waals surface area contributed by atoms with Crippen molar-refractivity contribution in [3.8, 4) is 0 Å². The maximum Gasteiger partial charge on any atom is 0.337 e. The van der Waals surface area contributed by atoms with Crippen molar-refractivity contribution in [2.24, 2.45) is 0 Å². The number of methoxy groups -OCH3 is 1. The number of anilines is 1. The summed E-state index contributed by atoms with van der Waals surface area (Å²) in [5.74, 6) is -1.09. The normalized spacial score (nSPS) is 15.0. The second kappa shape index (κ2) is 9.57. The summed E-state index contributed by atoms with van der Waals surface area (Å²) in [7, 11) is 1.28. The zero-order valence-corrected chi connectivity index (χ0v) is 16.0. The molecular weight excluding hydrogens is 356 g/mol. The summed E-state index contributed by atoms with van der Waals surface area (Å²) in [5, 5.41) is 3.30. The van der Waals surface area contributed by atoms with E-state index in [4.69, 9.17) is 16.3 Å². The van der Waals surface area contributed by atoms with Gasteiger partial charge >= 0.3 is 5.97 Å². The molecule has 0 saturated heterocycles. The van der Waals surface area contributed by atoms with Crippen molar-refractivity contribution in [3.63, 3.8) is 0 Å². The highest BCUT2D eigenvalue weighted by Gasteiger charge is 2.22. The van der Waals surface area contributed by atoms with Crippen molar-refractivity contribution in [1.29, 1.82) is 0 Å². The number of halogens is 1. The number of carbonyl (C=O) groups is 3. The molecule has 0 aromatic heterocycles. The number of esters is 1. The summed E-state index contributed by atoms with van der Waals surface area (Å²) < 4.78 is 4.70. The van der Waals surface area contributed by atoms with Crippen LogP contribution in [-0.2, 0) is 14.3 Å². The lowest BCUT2D eigenvalue weighted by molar-refractivity contribution is -0.123. The third-order valence-electron chi connectivity index (χ3n) is 4.56. The van der Waals surface area contributed by atoms with Crippen LogP contribution in [0.1, 0.15) is 55.8 Å². The average molecular weight is 381 g/mol. The minimum absolute atomic E-state index is 0.143. The highest BCUT2D eigenvalue weighted by Crippen LogP contribution is 2.27. The molecule has 2 rings (SSSR count). The quantitative estimate of drug-likeness (QED) is 0.628. The zero-order chi connectivity index (χ0) is 19.1. The Morgan fingerprint density at radius 2 is 1.85 bits per heavy atom. The number of hydrogen-bond acceptors (Lipinski definition) is 4. The van der Waals surface area contributed by atoms with Crippen LogP contribution in [0.4, 0.5) is 5.69 Å². The molecule has 142 valence electrons. The highest BCUT2D eigenvalue weighted by atomic mass is 35.5. The summed E-state index contributed by atoms with van der Waals surface area (Å²) >= 11 is 6.20. The van der Waals surface area contributed by atoms with Gasteiger partial charge in [0.25, 0.3) is 0 Å². The Hall–Kier alpha value is -2.08. The zero-order valence-electron chi connectivity index (χ0n) is 15.2. The van der Waals surface area contributed by atoms with E-state index in [9.17, 15) is 14.4 Å². The van der Waals surface area contributed by atoms with Gasteiger partial charge in [0, 0.05) is 13.0 Å². The maximum absolute atomic E-state index is 12.5. The van der Waals surface area contributed by atoms with Crippen LogP contribution in [0.15, 0.2) is 18.2 Å². The molecule has 0 atom stereocenters. The van der Waals surface area contributed by atoms with Gasteiger partial charge in [0.05, 0.1) is 23.4 Å². The van der Waals surface area contributed by atoms with Crippen LogP contribution in [0.5, 0.6) is 0 Å². The van der Waals surface area contributed by atoms with E-state index in [2.05, 4.69) is 5.32 Å². The van der Waals surface area contributed by atoms with E-state index >= 15 is 0 Å². The molecule has 1 aliphatic rings. The Labute approximate surface area is 158 Å². The van der Waals surface area contributed by atoms with E-state index < -0.39 is 5.97 Å². The lowest BCUT2D eigenvalue weighted by atomic mass is 10.1. The summed E-state index contributed by atoms with van der Waals surface area (Å²) in [6.45, 7) is 1.22. The van der Waals surface area contributed by atoms with Gasteiger partial charge in [-0.3, -0.25) is 9.59 Å². The largest absolute Gasteiger partial charge is 0.465 e. The van der Waals surface area contributed by atoms with Gasteiger partial charge in [0.1, 0.15) is 6.54 Å². The predicted molar refractivity (Wildman–Crippen MR) is 100 cm³/mol.